The highest BCUT2D eigenvalue weighted by Crippen LogP contribution is 2.43. The van der Waals surface area contributed by atoms with E-state index in [-0.39, 0.29) is 16.9 Å². The van der Waals surface area contributed by atoms with Crippen LogP contribution in [0.2, 0.25) is 0 Å². The topological polar surface area (TPSA) is 79.9 Å². The van der Waals surface area contributed by atoms with Crippen molar-refractivity contribution in [1.82, 2.24) is 20.7 Å². The number of rotatable bonds is 5. The Bertz CT molecular complexity index is 726. The highest BCUT2D eigenvalue weighted by atomic mass is 16.5. The molecule has 1 aromatic carbocycles. The predicted molar refractivity (Wildman–Crippen MR) is 95.5 cm³/mol. The fourth-order valence-corrected chi connectivity index (χ4v) is 3.87. The SMILES string of the molecule is Cc1n[nH]nc1C(=O)NCC[C@@]1(c2ccccc2)CCOC(C)(C)C1. The third kappa shape index (κ3) is 3.90. The lowest BCUT2D eigenvalue weighted by Crippen LogP contribution is -2.45. The number of amides is 1. The Morgan fingerprint density at radius 1 is 1.28 bits per heavy atom. The van der Waals surface area contributed by atoms with Crippen molar-refractivity contribution in [1.29, 1.82) is 0 Å². The number of hydrogen-bond acceptors (Lipinski definition) is 4. The Morgan fingerprint density at radius 3 is 2.68 bits per heavy atom. The molecular formula is C19H26N4O2. The molecule has 1 saturated heterocycles. The fourth-order valence-electron chi connectivity index (χ4n) is 3.87. The summed E-state index contributed by atoms with van der Waals surface area (Å²) in [6, 6.07) is 10.6. The van der Waals surface area contributed by atoms with Crippen molar-refractivity contribution in [2.45, 2.75) is 51.0 Å². The van der Waals surface area contributed by atoms with Gasteiger partial charge in [0.1, 0.15) is 0 Å². The van der Waals surface area contributed by atoms with E-state index >= 15 is 0 Å². The van der Waals surface area contributed by atoms with Crippen LogP contribution in [0.1, 0.15) is 54.9 Å². The van der Waals surface area contributed by atoms with Gasteiger partial charge in [-0.1, -0.05) is 30.3 Å². The van der Waals surface area contributed by atoms with Gasteiger partial charge < -0.3 is 10.1 Å². The summed E-state index contributed by atoms with van der Waals surface area (Å²) in [6.45, 7) is 7.38. The van der Waals surface area contributed by atoms with Gasteiger partial charge in [-0.15, -0.1) is 0 Å². The monoisotopic (exact) mass is 342 g/mol. The molecule has 0 saturated carbocycles. The molecule has 0 unspecified atom stereocenters. The second-order valence-corrected chi connectivity index (χ2v) is 7.44. The Kier molecular flexibility index (Phi) is 4.90. The Balaban J connectivity index is 1.73. The minimum absolute atomic E-state index is 0.00909. The first kappa shape index (κ1) is 17.6. The summed E-state index contributed by atoms with van der Waals surface area (Å²) >= 11 is 0. The van der Waals surface area contributed by atoms with Crippen LogP contribution in [0.25, 0.3) is 0 Å². The zero-order chi connectivity index (χ0) is 17.9. The van der Waals surface area contributed by atoms with Crippen LogP contribution in [-0.4, -0.2) is 40.1 Å². The van der Waals surface area contributed by atoms with E-state index in [1.54, 1.807) is 6.92 Å². The molecule has 2 heterocycles. The van der Waals surface area contributed by atoms with Gasteiger partial charge in [0.15, 0.2) is 5.69 Å². The maximum atomic E-state index is 12.3. The van der Waals surface area contributed by atoms with E-state index in [0.29, 0.717) is 17.9 Å². The van der Waals surface area contributed by atoms with Crippen molar-refractivity contribution in [3.63, 3.8) is 0 Å². The molecule has 1 aromatic heterocycles. The van der Waals surface area contributed by atoms with Gasteiger partial charge in [-0.2, -0.15) is 15.4 Å². The zero-order valence-electron chi connectivity index (χ0n) is 15.1. The predicted octanol–water partition coefficient (Wildman–Crippen LogP) is 2.76. The average Bonchev–Trinajstić information content (AvgIpc) is 3.01. The van der Waals surface area contributed by atoms with E-state index in [1.807, 2.05) is 6.07 Å². The van der Waals surface area contributed by atoms with Crippen LogP contribution in [-0.2, 0) is 10.2 Å². The number of aromatic amines is 1. The fraction of sp³-hybridized carbons (Fsp3) is 0.526. The van der Waals surface area contributed by atoms with E-state index in [2.05, 4.69) is 58.8 Å². The maximum Gasteiger partial charge on any atom is 0.273 e. The highest BCUT2D eigenvalue weighted by molar-refractivity contribution is 5.93. The lowest BCUT2D eigenvalue weighted by Gasteiger charge is -2.45. The van der Waals surface area contributed by atoms with Gasteiger partial charge in [0, 0.05) is 18.6 Å². The van der Waals surface area contributed by atoms with Crippen molar-refractivity contribution in [2.24, 2.45) is 0 Å². The minimum Gasteiger partial charge on any atom is -0.376 e. The van der Waals surface area contributed by atoms with Crippen molar-refractivity contribution in [3.05, 3.63) is 47.3 Å². The van der Waals surface area contributed by atoms with E-state index < -0.39 is 0 Å². The van der Waals surface area contributed by atoms with Crippen molar-refractivity contribution in [2.75, 3.05) is 13.2 Å². The second kappa shape index (κ2) is 6.96. The third-order valence-electron chi connectivity index (χ3n) is 5.05. The molecule has 1 amide bonds. The van der Waals surface area contributed by atoms with Gasteiger partial charge in [0.05, 0.1) is 11.3 Å². The van der Waals surface area contributed by atoms with E-state index in [4.69, 9.17) is 4.74 Å². The van der Waals surface area contributed by atoms with Crippen molar-refractivity contribution in [3.8, 4) is 0 Å². The summed E-state index contributed by atoms with van der Waals surface area (Å²) in [5.74, 6) is -0.180. The third-order valence-corrected chi connectivity index (χ3v) is 5.05. The minimum atomic E-state index is -0.180. The van der Waals surface area contributed by atoms with Crippen LogP contribution >= 0.6 is 0 Å². The van der Waals surface area contributed by atoms with Crippen LogP contribution in [0.4, 0.5) is 0 Å². The van der Waals surface area contributed by atoms with Crippen molar-refractivity contribution < 1.29 is 9.53 Å². The number of benzene rings is 1. The molecule has 0 aliphatic carbocycles. The summed E-state index contributed by atoms with van der Waals surface area (Å²) < 4.78 is 5.93. The first-order valence-electron chi connectivity index (χ1n) is 8.77. The van der Waals surface area contributed by atoms with E-state index in [1.165, 1.54) is 5.56 Å². The van der Waals surface area contributed by atoms with Crippen LogP contribution in [0, 0.1) is 6.92 Å². The number of ether oxygens (including phenoxy) is 1. The molecular weight excluding hydrogens is 316 g/mol. The molecule has 6 heteroatoms. The van der Waals surface area contributed by atoms with Crippen LogP contribution in [0.3, 0.4) is 0 Å². The molecule has 3 rings (SSSR count). The molecule has 1 aliphatic heterocycles. The molecule has 25 heavy (non-hydrogen) atoms. The molecule has 1 atom stereocenters. The number of nitrogens with one attached hydrogen (secondary N) is 2. The molecule has 1 aliphatic rings. The standard InChI is InChI=1S/C19H26N4O2/c1-14-16(22-23-21-14)17(24)20-11-9-19(15-7-5-4-6-8-15)10-12-25-18(2,3)13-19/h4-8H,9-13H2,1-3H3,(H,20,24)(H,21,22,23)/t19-/m1/s1. The highest BCUT2D eigenvalue weighted by Gasteiger charge is 2.41. The quantitative estimate of drug-likeness (QED) is 0.875. The summed E-state index contributed by atoms with van der Waals surface area (Å²) in [5, 5.41) is 13.3. The molecule has 1 fully saturated rings. The number of carbonyl (C=O) groups is 1. The number of aromatic nitrogens is 3. The van der Waals surface area contributed by atoms with Crippen LogP contribution < -0.4 is 5.32 Å². The lowest BCUT2D eigenvalue weighted by atomic mass is 9.67. The molecule has 134 valence electrons. The average molecular weight is 342 g/mol. The number of nitrogens with zero attached hydrogens (tertiary/aromatic N) is 2. The number of hydrogen-bond donors (Lipinski definition) is 2. The Labute approximate surface area is 148 Å². The summed E-state index contributed by atoms with van der Waals surface area (Å²) in [7, 11) is 0. The maximum absolute atomic E-state index is 12.3. The van der Waals surface area contributed by atoms with Gasteiger partial charge in [-0.25, -0.2) is 0 Å². The Hall–Kier alpha value is -2.21. The summed E-state index contributed by atoms with van der Waals surface area (Å²) in [4.78, 5) is 12.3. The van der Waals surface area contributed by atoms with Gasteiger partial charge >= 0.3 is 0 Å². The Morgan fingerprint density at radius 2 is 2.04 bits per heavy atom. The van der Waals surface area contributed by atoms with Crippen molar-refractivity contribution >= 4 is 5.91 Å². The van der Waals surface area contributed by atoms with Gasteiger partial charge in [0.25, 0.3) is 5.91 Å². The molecule has 6 nitrogen and oxygen atoms in total. The van der Waals surface area contributed by atoms with E-state index in [0.717, 1.165) is 25.9 Å². The normalized spacial score (nSPS) is 22.5. The van der Waals surface area contributed by atoms with Crippen LogP contribution in [0.15, 0.2) is 30.3 Å². The largest absolute Gasteiger partial charge is 0.376 e. The first-order chi connectivity index (χ1) is 11.9. The summed E-state index contributed by atoms with van der Waals surface area (Å²) in [6.07, 6.45) is 2.76. The van der Waals surface area contributed by atoms with E-state index in [9.17, 15) is 4.79 Å². The lowest BCUT2D eigenvalue weighted by molar-refractivity contribution is -0.0838. The smallest absolute Gasteiger partial charge is 0.273 e. The molecule has 0 bridgehead atoms. The van der Waals surface area contributed by atoms with Crippen LogP contribution in [0.5, 0.6) is 0 Å². The number of aryl methyl sites for hydroxylation is 1. The molecule has 0 spiro atoms. The summed E-state index contributed by atoms with van der Waals surface area (Å²) in [5.41, 5.74) is 2.14. The molecule has 0 radical (unpaired) electrons. The zero-order valence-corrected chi connectivity index (χ0v) is 15.1. The number of H-pyrrole nitrogens is 1. The number of carbonyl (C=O) groups excluding carboxylic acids is 1. The van der Waals surface area contributed by atoms with Gasteiger partial charge in [-0.05, 0) is 45.6 Å². The molecule has 2 aromatic rings. The van der Waals surface area contributed by atoms with Gasteiger partial charge in [-0.3, -0.25) is 4.79 Å². The molecule has 2 N–H and O–H groups in total. The first-order valence-corrected chi connectivity index (χ1v) is 8.77. The second-order valence-electron chi connectivity index (χ2n) is 7.44. The van der Waals surface area contributed by atoms with Gasteiger partial charge in [0.2, 0.25) is 0 Å².